The molecule has 0 radical (unpaired) electrons. The molecule has 67 heavy (non-hydrogen) atoms. The van der Waals surface area contributed by atoms with Crippen molar-refractivity contribution in [2.45, 2.75) is 105 Å². The number of carbonyl (C=O) groups is 3. The largest absolute Gasteiger partial charge is 0.491 e. The lowest BCUT2D eigenvalue weighted by Crippen LogP contribution is -2.43. The second-order valence-corrected chi connectivity index (χ2v) is 19.5. The maximum Gasteiger partial charge on any atom is 0.412 e. The van der Waals surface area contributed by atoms with Crippen LogP contribution in [-0.4, -0.2) is 111 Å². The van der Waals surface area contributed by atoms with E-state index in [0.717, 1.165) is 70.0 Å². The average molecular weight is 929 g/mol. The maximum absolute atomic E-state index is 12.4. The highest BCUT2D eigenvalue weighted by Crippen LogP contribution is 2.31. The summed E-state index contributed by atoms with van der Waals surface area (Å²) in [6.07, 6.45) is 1.71. The number of aromatic nitrogens is 2. The van der Waals surface area contributed by atoms with Gasteiger partial charge in [-0.1, -0.05) is 39.8 Å². The highest BCUT2D eigenvalue weighted by Gasteiger charge is 2.23. The van der Waals surface area contributed by atoms with Gasteiger partial charge in [0.1, 0.15) is 41.9 Å². The molecule has 3 amide bonds. The lowest BCUT2D eigenvalue weighted by atomic mass is 9.93. The van der Waals surface area contributed by atoms with Gasteiger partial charge in [-0.3, -0.25) is 10.6 Å². The fourth-order valence-corrected chi connectivity index (χ4v) is 7.25. The van der Waals surface area contributed by atoms with Crippen molar-refractivity contribution < 1.29 is 38.1 Å². The molecule has 0 spiro atoms. The molecule has 0 saturated heterocycles. The van der Waals surface area contributed by atoms with Crippen LogP contribution in [0, 0.1) is 18.8 Å². The van der Waals surface area contributed by atoms with Crippen LogP contribution < -0.4 is 31.2 Å². The van der Waals surface area contributed by atoms with Crippen molar-refractivity contribution >= 4 is 29.9 Å². The number of rotatable bonds is 19. The van der Waals surface area contributed by atoms with Gasteiger partial charge >= 0.3 is 18.3 Å². The molecule has 0 fully saturated rings. The van der Waals surface area contributed by atoms with E-state index in [1.54, 1.807) is 12.3 Å². The van der Waals surface area contributed by atoms with Crippen LogP contribution >= 0.6 is 0 Å². The lowest BCUT2D eigenvalue weighted by Gasteiger charge is -2.27. The van der Waals surface area contributed by atoms with Crippen molar-refractivity contribution in [1.82, 2.24) is 25.1 Å². The van der Waals surface area contributed by atoms with E-state index in [9.17, 15) is 14.4 Å². The SMILES string of the molecule is COC(=O)Nc1cc(-c2ccc(OC[C@@](C)(N)CC(C)C)c(CN(C)C)c2)cc(C)n1.COC(=O)Nc1cc(-c2ccc(OC[C@H](CC(C)C)NC(=O)OC(C)(C)C)c(CN(C)C)c2)ccn1. The standard InChI is InChI=1S/C27H40N4O5.C24H36N4O3/c1-18(2)13-22(29-26(33)36-27(3,4)5)17-35-23-10-9-19(14-21(23)16-31(6)7)20-11-12-28-24(15-20)30-25(32)34-8;1-16(2)13-24(4,25)15-31-21-9-8-18(11-20(21)14-28(5)6)19-10-17(3)26-22(12-19)27-23(29)30-7/h9-12,14-15,18,22H,13,16-17H2,1-8H3,(H,29,33)(H,28,30,32);8-12,16H,13-15,25H2,1-7H3,(H,26,27,29)/t22-;24-/m00/s1. The van der Waals surface area contributed by atoms with E-state index in [0.29, 0.717) is 43.2 Å². The molecule has 4 aromatic rings. The van der Waals surface area contributed by atoms with Crippen LogP contribution in [0.4, 0.5) is 26.0 Å². The summed E-state index contributed by atoms with van der Waals surface area (Å²) < 4.78 is 27.2. The first kappa shape index (κ1) is 55.4. The number of amides is 3. The second kappa shape index (κ2) is 25.8. The van der Waals surface area contributed by atoms with Gasteiger partial charge in [-0.2, -0.15) is 0 Å². The predicted octanol–water partition coefficient (Wildman–Crippen LogP) is 9.75. The Labute approximate surface area is 398 Å². The molecule has 2 aromatic heterocycles. The van der Waals surface area contributed by atoms with Crippen molar-refractivity contribution in [3.63, 3.8) is 0 Å². The van der Waals surface area contributed by atoms with Crippen LogP contribution in [0.1, 0.15) is 85.1 Å². The predicted molar refractivity (Wildman–Crippen MR) is 267 cm³/mol. The summed E-state index contributed by atoms with van der Waals surface area (Å²) in [5.41, 5.74) is 12.2. The molecule has 368 valence electrons. The first-order valence-electron chi connectivity index (χ1n) is 22.6. The van der Waals surface area contributed by atoms with Gasteiger partial charge < -0.3 is 44.5 Å². The molecule has 16 nitrogen and oxygen atoms in total. The molecular formula is C51H76N8O8. The van der Waals surface area contributed by atoms with Crippen LogP contribution in [0.5, 0.6) is 11.5 Å². The molecule has 2 atom stereocenters. The molecule has 0 aliphatic carbocycles. The lowest BCUT2D eigenvalue weighted by molar-refractivity contribution is 0.0479. The van der Waals surface area contributed by atoms with Crippen molar-refractivity contribution in [3.8, 4) is 33.8 Å². The molecule has 0 aliphatic rings. The number of ether oxygens (including phenoxy) is 5. The number of aryl methyl sites for hydroxylation is 1. The third-order valence-corrected chi connectivity index (χ3v) is 9.65. The maximum atomic E-state index is 12.4. The third kappa shape index (κ3) is 20.6. The first-order valence-corrected chi connectivity index (χ1v) is 22.6. The zero-order chi connectivity index (χ0) is 50.1. The van der Waals surface area contributed by atoms with Crippen LogP contribution in [0.3, 0.4) is 0 Å². The van der Waals surface area contributed by atoms with Crippen molar-refractivity contribution in [1.29, 1.82) is 0 Å². The number of pyridine rings is 2. The van der Waals surface area contributed by atoms with Gasteiger partial charge in [-0.05, 0) is 158 Å². The van der Waals surface area contributed by atoms with Crippen LogP contribution in [0.2, 0.25) is 0 Å². The minimum atomic E-state index is -0.576. The molecule has 16 heteroatoms. The number of benzene rings is 2. The highest BCUT2D eigenvalue weighted by molar-refractivity contribution is 5.85. The molecular weight excluding hydrogens is 853 g/mol. The molecule has 2 aromatic carbocycles. The first-order chi connectivity index (χ1) is 31.3. The Kier molecular flexibility index (Phi) is 21.3. The zero-order valence-corrected chi connectivity index (χ0v) is 42.5. The number of hydrogen-bond donors (Lipinski definition) is 4. The fraction of sp³-hybridized carbons (Fsp3) is 0.510. The summed E-state index contributed by atoms with van der Waals surface area (Å²) in [7, 11) is 10.7. The molecule has 2 heterocycles. The van der Waals surface area contributed by atoms with Gasteiger partial charge in [0, 0.05) is 41.6 Å². The summed E-state index contributed by atoms with van der Waals surface area (Å²) in [6, 6.07) is 19.4. The van der Waals surface area contributed by atoms with Crippen molar-refractivity contribution in [2.24, 2.45) is 17.6 Å². The van der Waals surface area contributed by atoms with Crippen LogP contribution in [-0.2, 0) is 27.3 Å². The number of carbonyl (C=O) groups excluding carboxylic acids is 3. The molecule has 0 saturated carbocycles. The number of hydrogen-bond acceptors (Lipinski definition) is 13. The van der Waals surface area contributed by atoms with E-state index in [1.807, 2.05) is 105 Å². The van der Waals surface area contributed by atoms with Crippen LogP contribution in [0.15, 0.2) is 66.9 Å². The molecule has 4 rings (SSSR count). The van der Waals surface area contributed by atoms with Gasteiger partial charge in [0.05, 0.1) is 20.3 Å². The van der Waals surface area contributed by atoms with Crippen molar-refractivity contribution in [3.05, 3.63) is 83.7 Å². The quantitative estimate of drug-likeness (QED) is 0.0651. The van der Waals surface area contributed by atoms with E-state index in [-0.39, 0.29) is 11.6 Å². The number of anilines is 2. The third-order valence-electron chi connectivity index (χ3n) is 9.65. The van der Waals surface area contributed by atoms with E-state index in [4.69, 9.17) is 19.9 Å². The number of nitrogens with zero attached hydrogens (tertiary/aromatic N) is 4. The van der Waals surface area contributed by atoms with Gasteiger partial charge in [0.15, 0.2) is 0 Å². The summed E-state index contributed by atoms with van der Waals surface area (Å²) in [5, 5.41) is 8.17. The number of nitrogens with two attached hydrogens (primary N) is 1. The fourth-order valence-electron chi connectivity index (χ4n) is 7.25. The number of methoxy groups -OCH3 is 2. The van der Waals surface area contributed by atoms with E-state index >= 15 is 0 Å². The zero-order valence-electron chi connectivity index (χ0n) is 42.5. The number of alkyl carbamates (subject to hydrolysis) is 1. The Morgan fingerprint density at radius 1 is 0.687 bits per heavy atom. The summed E-state index contributed by atoms with van der Waals surface area (Å²) in [5.74, 6) is 3.30. The summed E-state index contributed by atoms with van der Waals surface area (Å²) in [4.78, 5) is 48.2. The van der Waals surface area contributed by atoms with Gasteiger partial charge in [0.25, 0.3) is 0 Å². The topological polar surface area (TPSA) is 192 Å². The molecule has 0 aliphatic heterocycles. The molecule has 0 unspecified atom stereocenters. The van der Waals surface area contributed by atoms with E-state index < -0.39 is 23.9 Å². The second-order valence-electron chi connectivity index (χ2n) is 19.5. The van der Waals surface area contributed by atoms with Gasteiger partial charge in [0.2, 0.25) is 0 Å². The summed E-state index contributed by atoms with van der Waals surface area (Å²) >= 11 is 0. The Bertz CT molecular complexity index is 2220. The van der Waals surface area contributed by atoms with Gasteiger partial charge in [-0.25, -0.2) is 24.4 Å². The Hall–Kier alpha value is -5.97. The number of nitrogens with one attached hydrogen (secondary N) is 3. The molecule has 0 bridgehead atoms. The Morgan fingerprint density at radius 3 is 1.73 bits per heavy atom. The van der Waals surface area contributed by atoms with Gasteiger partial charge in [-0.15, -0.1) is 0 Å². The van der Waals surface area contributed by atoms with Crippen molar-refractivity contribution in [2.75, 3.05) is 66.3 Å². The average Bonchev–Trinajstić information content (AvgIpc) is 3.21. The van der Waals surface area contributed by atoms with E-state index in [2.05, 4.69) is 85.0 Å². The van der Waals surface area contributed by atoms with E-state index in [1.165, 1.54) is 14.2 Å². The highest BCUT2D eigenvalue weighted by atomic mass is 16.6. The van der Waals surface area contributed by atoms with Crippen LogP contribution in [0.25, 0.3) is 22.3 Å². The Morgan fingerprint density at radius 2 is 1.21 bits per heavy atom. The molecule has 5 N–H and O–H groups in total. The smallest absolute Gasteiger partial charge is 0.412 e. The summed E-state index contributed by atoms with van der Waals surface area (Å²) in [6.45, 7) is 20.1. The minimum absolute atomic E-state index is 0.195. The Balaban J connectivity index is 0.000000359. The normalized spacial score (nSPS) is 12.7. The minimum Gasteiger partial charge on any atom is -0.491 e. The monoisotopic (exact) mass is 929 g/mol.